The average Bonchev–Trinajstić information content (AvgIpc) is 1.37. The van der Waals surface area contributed by atoms with E-state index < -0.39 is 0 Å². The summed E-state index contributed by atoms with van der Waals surface area (Å²) in [7, 11) is 0. The fourth-order valence-electron chi connectivity index (χ4n) is 0. The average molecular weight is 201 g/mol. The summed E-state index contributed by atoms with van der Waals surface area (Å²) in [6.45, 7) is 2.25. The Bertz CT molecular complexity index is 8.85. The number of aliphatic hydroxyl groups is 1. The number of aliphatic hydroxyl groups excluding tert-OH is 1. The summed E-state index contributed by atoms with van der Waals surface area (Å²) >= 11 is 0. The Morgan fingerprint density at radius 2 is 1.80 bits per heavy atom. The van der Waals surface area contributed by atoms with Crippen LogP contribution in [0.2, 0.25) is 0 Å². The molecule has 0 spiro atoms. The first-order chi connectivity index (χ1) is 1.91. The van der Waals surface area contributed by atoms with E-state index >= 15 is 0 Å². The minimum Gasteiger partial charge on any atom is -0.396 e. The van der Waals surface area contributed by atoms with Crippen molar-refractivity contribution in [2.75, 3.05) is 6.61 Å². The van der Waals surface area contributed by atoms with Crippen LogP contribution in [-0.2, 0) is 0 Å². The molecular weight excluding hydrogens is 193 g/mol. The van der Waals surface area contributed by atoms with E-state index in [2.05, 4.69) is 0 Å². The van der Waals surface area contributed by atoms with Crippen molar-refractivity contribution in [3.8, 4) is 0 Å². The molecule has 5 heavy (non-hydrogen) atoms. The van der Waals surface area contributed by atoms with Crippen molar-refractivity contribution in [1.29, 1.82) is 0 Å². The third-order valence-electron chi connectivity index (χ3n) is 0.224. The van der Waals surface area contributed by atoms with Crippen LogP contribution in [0, 0.1) is 41.3 Å². The predicted molar refractivity (Wildman–Crippen MR) is 17.4 cm³/mol. The van der Waals surface area contributed by atoms with Crippen molar-refractivity contribution >= 4 is 0 Å². The molecule has 0 aromatic heterocycles. The van der Waals surface area contributed by atoms with Crippen LogP contribution in [0.25, 0.3) is 0 Å². The maximum Gasteiger partial charge on any atom is 0.0428 e. The van der Waals surface area contributed by atoms with Crippen molar-refractivity contribution in [2.24, 2.45) is 0 Å². The van der Waals surface area contributed by atoms with Gasteiger partial charge < -0.3 is 5.11 Å². The van der Waals surface area contributed by atoms with E-state index in [4.69, 9.17) is 5.11 Å². The van der Waals surface area contributed by atoms with Gasteiger partial charge in [-0.15, -0.1) is 0 Å². The van der Waals surface area contributed by atoms with Gasteiger partial charge in [0.1, 0.15) is 0 Å². The Morgan fingerprint density at radius 3 is 1.80 bits per heavy atom. The summed E-state index contributed by atoms with van der Waals surface area (Å²) in [5, 5.41) is 7.88. The summed E-state index contributed by atoms with van der Waals surface area (Å²) in [6.07, 6.45) is 0.875. The molecule has 0 rings (SSSR count). The van der Waals surface area contributed by atoms with E-state index in [1.54, 1.807) is 0 Å². The number of rotatable bonds is 1. The Hall–Kier alpha value is 1.32. The fraction of sp³-hybridized carbons (Fsp3) is 1.00. The van der Waals surface area contributed by atoms with Crippen molar-refractivity contribution in [1.82, 2.24) is 0 Å². The van der Waals surface area contributed by atoms with Crippen LogP contribution in [0.3, 0.4) is 0 Å². The van der Waals surface area contributed by atoms with Gasteiger partial charge in [0.15, 0.2) is 0 Å². The second kappa shape index (κ2) is 9.01. The monoisotopic (exact) mass is 201 g/mol. The summed E-state index contributed by atoms with van der Waals surface area (Å²) in [5.41, 5.74) is 0. The molecule has 1 N–H and O–H groups in total. The van der Waals surface area contributed by atoms with E-state index in [1.165, 1.54) is 0 Å². The van der Waals surface area contributed by atoms with Crippen LogP contribution >= 0.6 is 0 Å². The van der Waals surface area contributed by atoms with Crippen LogP contribution in [0.5, 0.6) is 0 Å². The molecule has 0 fully saturated rings. The summed E-state index contributed by atoms with van der Waals surface area (Å²) in [5.74, 6) is 0. The smallest absolute Gasteiger partial charge is 0.0428 e. The summed E-state index contributed by atoms with van der Waals surface area (Å²) in [4.78, 5) is 0. The van der Waals surface area contributed by atoms with Crippen LogP contribution in [-0.4, -0.2) is 11.7 Å². The summed E-state index contributed by atoms with van der Waals surface area (Å²) in [6, 6.07) is 0. The van der Waals surface area contributed by atoms with Gasteiger partial charge in [-0.05, 0) is 6.42 Å². The maximum absolute atomic E-state index is 7.88. The number of hydrogen-bond donors (Lipinski definition) is 1. The fourth-order valence-corrected chi connectivity index (χ4v) is 0. The zero-order valence-electron chi connectivity index (χ0n) is 3.44. The molecule has 0 aliphatic rings. The van der Waals surface area contributed by atoms with E-state index in [1.807, 2.05) is 6.92 Å². The molecule has 0 saturated heterocycles. The van der Waals surface area contributed by atoms with Crippen LogP contribution in [0.1, 0.15) is 13.3 Å². The third-order valence-corrected chi connectivity index (χ3v) is 0.224. The second-order valence-corrected chi connectivity index (χ2v) is 0.724. The normalized spacial score (nSPS) is 6.00. The van der Waals surface area contributed by atoms with Crippen LogP contribution in [0.4, 0.5) is 0 Å². The molecule has 0 saturated carbocycles. The van der Waals surface area contributed by atoms with Gasteiger partial charge >= 0.3 is 0 Å². The second-order valence-electron chi connectivity index (χ2n) is 0.724. The molecule has 0 aromatic rings. The topological polar surface area (TPSA) is 20.2 Å². The van der Waals surface area contributed by atoms with Crippen LogP contribution < -0.4 is 0 Å². The van der Waals surface area contributed by atoms with Gasteiger partial charge in [-0.3, -0.25) is 0 Å². The standard InChI is InChI=1S/C3H8O.Pr/c1-2-3-4;/h4H,2-3H2,1H3;. The van der Waals surface area contributed by atoms with Gasteiger partial charge in [0.2, 0.25) is 0 Å². The Balaban J connectivity index is 0. The third kappa shape index (κ3) is 10.9. The van der Waals surface area contributed by atoms with Crippen molar-refractivity contribution in [2.45, 2.75) is 13.3 Å². The molecule has 0 aliphatic heterocycles. The number of hydrogen-bond acceptors (Lipinski definition) is 1. The van der Waals surface area contributed by atoms with Crippen molar-refractivity contribution < 1.29 is 46.4 Å². The van der Waals surface area contributed by atoms with Crippen LogP contribution in [0.15, 0.2) is 0 Å². The molecular formula is C3H8OPr. The first-order valence-corrected chi connectivity index (χ1v) is 1.52. The van der Waals surface area contributed by atoms with Crippen molar-refractivity contribution in [3.05, 3.63) is 0 Å². The van der Waals surface area contributed by atoms with E-state index in [-0.39, 0.29) is 41.3 Å². The predicted octanol–water partition coefficient (Wildman–Crippen LogP) is 0.389. The van der Waals surface area contributed by atoms with Gasteiger partial charge in [-0.25, -0.2) is 0 Å². The van der Waals surface area contributed by atoms with Gasteiger partial charge in [-0.2, -0.15) is 0 Å². The van der Waals surface area contributed by atoms with Gasteiger partial charge in [0.05, 0.1) is 0 Å². The minimum atomic E-state index is 0. The molecule has 0 amide bonds. The zero-order chi connectivity index (χ0) is 3.41. The van der Waals surface area contributed by atoms with Gasteiger partial charge in [-0.1, -0.05) is 6.92 Å². The zero-order valence-corrected chi connectivity index (χ0v) is 7.14. The molecule has 0 unspecified atom stereocenters. The largest absolute Gasteiger partial charge is 0.396 e. The SMILES string of the molecule is CCCO.[Pr]. The molecule has 0 heterocycles. The molecule has 29 valence electrons. The molecule has 0 bridgehead atoms. The Morgan fingerprint density at radius 1 is 1.60 bits per heavy atom. The van der Waals surface area contributed by atoms with E-state index in [9.17, 15) is 0 Å². The molecule has 1 radical (unpaired) electrons. The van der Waals surface area contributed by atoms with Crippen molar-refractivity contribution in [3.63, 3.8) is 0 Å². The van der Waals surface area contributed by atoms with E-state index in [0.29, 0.717) is 6.61 Å². The first kappa shape index (κ1) is 9.59. The Labute approximate surface area is 65.7 Å². The molecule has 0 aromatic carbocycles. The molecule has 0 atom stereocenters. The van der Waals surface area contributed by atoms with Gasteiger partial charge in [0, 0.05) is 47.9 Å². The maximum atomic E-state index is 7.88. The quantitative estimate of drug-likeness (QED) is 0.650. The molecule has 0 aliphatic carbocycles. The minimum absolute atomic E-state index is 0. The van der Waals surface area contributed by atoms with E-state index in [0.717, 1.165) is 6.42 Å². The summed E-state index contributed by atoms with van der Waals surface area (Å²) < 4.78 is 0. The molecule has 2 heteroatoms. The first-order valence-electron chi connectivity index (χ1n) is 1.52. The Kier molecular flexibility index (Phi) is 17.3. The molecule has 1 nitrogen and oxygen atoms in total. The van der Waals surface area contributed by atoms with Gasteiger partial charge in [0.25, 0.3) is 0 Å².